The van der Waals surface area contributed by atoms with Crippen LogP contribution >= 0.6 is 7.26 Å². The average Bonchev–Trinajstić information content (AvgIpc) is 2.98. The standard InChI is InChI=1S/C36H33NP/c1-37(2)32-26-22-30(23-27-32)14-12-13-15-31-24-28-36(29-25-31)38(33-16-6-3-7-17-33,34-18-8-4-9-19-34)35-20-10-5-11-21-35/h3-29H,1-2H3/q+1/b14-12+,15-13+. The van der Waals surface area contributed by atoms with E-state index in [4.69, 9.17) is 0 Å². The molecule has 0 atom stereocenters. The van der Waals surface area contributed by atoms with E-state index in [0.717, 1.165) is 0 Å². The van der Waals surface area contributed by atoms with Crippen LogP contribution < -0.4 is 26.1 Å². The zero-order valence-corrected chi connectivity index (χ0v) is 22.9. The molecule has 0 saturated carbocycles. The molecule has 0 fully saturated rings. The third kappa shape index (κ3) is 5.40. The van der Waals surface area contributed by atoms with Crippen LogP contribution in [0.4, 0.5) is 5.69 Å². The monoisotopic (exact) mass is 510 g/mol. The van der Waals surface area contributed by atoms with Crippen molar-refractivity contribution in [3.63, 3.8) is 0 Å². The van der Waals surface area contributed by atoms with Crippen LogP contribution in [-0.4, -0.2) is 14.1 Å². The van der Waals surface area contributed by atoms with Gasteiger partial charge in [0.2, 0.25) is 0 Å². The summed E-state index contributed by atoms with van der Waals surface area (Å²) in [5.41, 5.74) is 3.59. The summed E-state index contributed by atoms with van der Waals surface area (Å²) in [5, 5.41) is 5.45. The Morgan fingerprint density at radius 3 is 1.13 bits per heavy atom. The molecule has 0 aliphatic rings. The highest BCUT2D eigenvalue weighted by Gasteiger charge is 2.47. The molecule has 0 aliphatic heterocycles. The van der Waals surface area contributed by atoms with Crippen LogP contribution in [0, 0.1) is 0 Å². The Hall–Kier alpha value is -4.19. The first-order valence-electron chi connectivity index (χ1n) is 13.0. The van der Waals surface area contributed by atoms with Crippen molar-refractivity contribution >= 4 is 46.3 Å². The number of anilines is 1. The van der Waals surface area contributed by atoms with Gasteiger partial charge in [0.15, 0.2) is 0 Å². The largest absolute Gasteiger partial charge is 0.378 e. The van der Waals surface area contributed by atoms with Gasteiger partial charge in [-0.3, -0.25) is 0 Å². The molecule has 2 heteroatoms. The zero-order valence-electron chi connectivity index (χ0n) is 22.0. The van der Waals surface area contributed by atoms with E-state index in [1.807, 2.05) is 0 Å². The van der Waals surface area contributed by atoms with Gasteiger partial charge in [0.25, 0.3) is 0 Å². The Labute approximate surface area is 227 Å². The molecule has 0 unspecified atom stereocenters. The molecule has 0 aromatic heterocycles. The minimum atomic E-state index is -2.05. The summed E-state index contributed by atoms with van der Waals surface area (Å²) in [7, 11) is 2.07. The maximum absolute atomic E-state index is 2.32. The first kappa shape index (κ1) is 25.5. The van der Waals surface area contributed by atoms with Crippen molar-refractivity contribution in [2.45, 2.75) is 0 Å². The molecule has 38 heavy (non-hydrogen) atoms. The van der Waals surface area contributed by atoms with E-state index in [-0.39, 0.29) is 0 Å². The molecule has 0 heterocycles. The first-order valence-corrected chi connectivity index (χ1v) is 14.8. The number of allylic oxidation sites excluding steroid dienone is 2. The van der Waals surface area contributed by atoms with E-state index in [2.05, 4.69) is 183 Å². The van der Waals surface area contributed by atoms with Gasteiger partial charge in [-0.2, -0.15) is 0 Å². The third-order valence-electron chi connectivity index (χ3n) is 6.81. The normalized spacial score (nSPS) is 11.7. The van der Waals surface area contributed by atoms with Gasteiger partial charge in [0.05, 0.1) is 0 Å². The molecular formula is C36H33NP+. The lowest BCUT2D eigenvalue weighted by Crippen LogP contribution is -2.38. The second-order valence-electron chi connectivity index (χ2n) is 9.47. The molecular weight excluding hydrogens is 477 g/mol. The SMILES string of the molecule is CN(C)c1ccc(/C=C/C=C/c2ccc([P+](c3ccccc3)(c3ccccc3)c3ccccc3)cc2)cc1. The molecule has 5 aromatic rings. The topological polar surface area (TPSA) is 3.24 Å². The van der Waals surface area contributed by atoms with Gasteiger partial charge in [0.1, 0.15) is 28.5 Å². The van der Waals surface area contributed by atoms with Crippen molar-refractivity contribution in [1.29, 1.82) is 0 Å². The highest BCUT2D eigenvalue weighted by atomic mass is 31.2. The quantitative estimate of drug-likeness (QED) is 0.159. The van der Waals surface area contributed by atoms with Crippen molar-refractivity contribution in [3.05, 3.63) is 163 Å². The molecule has 0 bridgehead atoms. The fourth-order valence-corrected chi connectivity index (χ4v) is 9.12. The minimum absolute atomic E-state index is 1.19. The smallest absolute Gasteiger partial charge is 0.144 e. The third-order valence-corrected chi connectivity index (χ3v) is 11.1. The lowest BCUT2D eigenvalue weighted by Gasteiger charge is -2.27. The summed E-state index contributed by atoms with van der Waals surface area (Å²) in [6, 6.07) is 50.7. The van der Waals surface area contributed by atoms with Gasteiger partial charge in [0, 0.05) is 19.8 Å². The maximum atomic E-state index is 2.32. The summed E-state index contributed by atoms with van der Waals surface area (Å²) in [4.78, 5) is 2.11. The van der Waals surface area contributed by atoms with Gasteiger partial charge < -0.3 is 4.90 Å². The van der Waals surface area contributed by atoms with Crippen molar-refractivity contribution < 1.29 is 0 Å². The van der Waals surface area contributed by atoms with E-state index in [1.165, 1.54) is 38.0 Å². The molecule has 0 radical (unpaired) electrons. The van der Waals surface area contributed by atoms with E-state index >= 15 is 0 Å². The van der Waals surface area contributed by atoms with Gasteiger partial charge in [-0.05, 0) is 71.8 Å². The maximum Gasteiger partial charge on any atom is 0.144 e. The molecule has 0 spiro atoms. The van der Waals surface area contributed by atoms with Gasteiger partial charge in [-0.15, -0.1) is 0 Å². The summed E-state index contributed by atoms with van der Waals surface area (Å²) < 4.78 is 0. The Balaban J connectivity index is 1.49. The summed E-state index contributed by atoms with van der Waals surface area (Å²) in [6.45, 7) is 0. The van der Waals surface area contributed by atoms with E-state index in [0.29, 0.717) is 0 Å². The van der Waals surface area contributed by atoms with E-state index in [1.54, 1.807) is 0 Å². The number of rotatable bonds is 8. The van der Waals surface area contributed by atoms with Crippen LogP contribution in [0.25, 0.3) is 12.2 Å². The van der Waals surface area contributed by atoms with Crippen LogP contribution in [0.2, 0.25) is 0 Å². The van der Waals surface area contributed by atoms with Gasteiger partial charge >= 0.3 is 0 Å². The van der Waals surface area contributed by atoms with Crippen molar-refractivity contribution in [2.75, 3.05) is 19.0 Å². The fraction of sp³-hybridized carbons (Fsp3) is 0.0556. The Kier molecular flexibility index (Phi) is 7.98. The Morgan fingerprint density at radius 2 is 0.763 bits per heavy atom. The minimum Gasteiger partial charge on any atom is -0.378 e. The van der Waals surface area contributed by atoms with Crippen molar-refractivity contribution in [1.82, 2.24) is 0 Å². The predicted octanol–water partition coefficient (Wildman–Crippen LogP) is 7.10. The molecule has 5 aromatic carbocycles. The lowest BCUT2D eigenvalue weighted by molar-refractivity contribution is 1.13. The highest BCUT2D eigenvalue weighted by Crippen LogP contribution is 2.54. The summed E-state index contributed by atoms with van der Waals surface area (Å²) >= 11 is 0. The summed E-state index contributed by atoms with van der Waals surface area (Å²) in [6.07, 6.45) is 8.53. The fourth-order valence-electron chi connectivity index (χ4n) is 4.88. The Morgan fingerprint density at radius 1 is 0.421 bits per heavy atom. The average molecular weight is 511 g/mol. The second kappa shape index (κ2) is 11.9. The van der Waals surface area contributed by atoms with Crippen molar-refractivity contribution in [3.8, 4) is 0 Å². The van der Waals surface area contributed by atoms with Crippen LogP contribution in [0.5, 0.6) is 0 Å². The predicted molar refractivity (Wildman–Crippen MR) is 170 cm³/mol. The second-order valence-corrected chi connectivity index (χ2v) is 12.9. The molecule has 0 N–H and O–H groups in total. The lowest BCUT2D eigenvalue weighted by atomic mass is 10.1. The molecule has 1 nitrogen and oxygen atoms in total. The number of hydrogen-bond donors (Lipinski definition) is 0. The van der Waals surface area contributed by atoms with Crippen molar-refractivity contribution in [2.24, 2.45) is 0 Å². The van der Waals surface area contributed by atoms with Gasteiger partial charge in [-0.25, -0.2) is 0 Å². The summed E-state index contributed by atoms with van der Waals surface area (Å²) in [5.74, 6) is 0. The molecule has 186 valence electrons. The van der Waals surface area contributed by atoms with Gasteiger partial charge in [-0.1, -0.05) is 103 Å². The van der Waals surface area contributed by atoms with E-state index < -0.39 is 7.26 Å². The van der Waals surface area contributed by atoms with Crippen LogP contribution in [0.15, 0.2) is 152 Å². The zero-order chi connectivity index (χ0) is 26.2. The number of hydrogen-bond acceptors (Lipinski definition) is 1. The molecule has 0 saturated heterocycles. The Bertz CT molecular complexity index is 1390. The number of nitrogens with zero attached hydrogens (tertiary/aromatic N) is 1. The molecule has 0 aliphatic carbocycles. The number of benzene rings is 5. The molecule has 5 rings (SSSR count). The van der Waals surface area contributed by atoms with Crippen LogP contribution in [0.3, 0.4) is 0 Å². The van der Waals surface area contributed by atoms with E-state index in [9.17, 15) is 0 Å². The van der Waals surface area contributed by atoms with Crippen LogP contribution in [-0.2, 0) is 0 Å². The first-order chi connectivity index (χ1) is 18.7. The highest BCUT2D eigenvalue weighted by molar-refractivity contribution is 8.01. The van der Waals surface area contributed by atoms with Crippen LogP contribution in [0.1, 0.15) is 11.1 Å². The molecule has 0 amide bonds.